The molecule has 5 aromatic rings. The monoisotopic (exact) mass is 598 g/mol. The summed E-state index contributed by atoms with van der Waals surface area (Å²) in [6.45, 7) is 6.05. The van der Waals surface area contributed by atoms with Crippen LogP contribution in [0.15, 0.2) is 72.9 Å². The first-order valence-electron chi connectivity index (χ1n) is 16.0. The molecule has 228 valence electrons. The molecule has 7 heterocycles. The maximum absolute atomic E-state index is 13.6. The lowest BCUT2D eigenvalue weighted by molar-refractivity contribution is -0.116. The first-order chi connectivity index (χ1) is 21.9. The minimum atomic E-state index is -0.212. The number of hydrogen-bond donors (Lipinski definition) is 1. The van der Waals surface area contributed by atoms with Gasteiger partial charge in [-0.3, -0.25) is 14.6 Å². The largest absolute Gasteiger partial charge is 0.334 e. The van der Waals surface area contributed by atoms with Crippen LogP contribution in [0.5, 0.6) is 0 Å². The zero-order valence-electron chi connectivity index (χ0n) is 25.9. The average Bonchev–Trinajstić information content (AvgIpc) is 3.48. The van der Waals surface area contributed by atoms with Crippen LogP contribution in [0.3, 0.4) is 0 Å². The number of nitrogens with zero attached hydrogens (tertiary/aromatic N) is 5. The van der Waals surface area contributed by atoms with E-state index >= 15 is 0 Å². The molecule has 3 aromatic carbocycles. The summed E-state index contributed by atoms with van der Waals surface area (Å²) in [6.07, 6.45) is 6.91. The highest BCUT2D eigenvalue weighted by Crippen LogP contribution is 2.36. The number of carbonyl (C=O) groups is 2. The quantitative estimate of drug-likeness (QED) is 0.255. The highest BCUT2D eigenvalue weighted by molar-refractivity contribution is 5.94. The van der Waals surface area contributed by atoms with Gasteiger partial charge in [0.2, 0.25) is 5.91 Å². The lowest BCUT2D eigenvalue weighted by Gasteiger charge is -2.30. The fraction of sp³-hybridized carbons (Fsp3) is 0.324. The summed E-state index contributed by atoms with van der Waals surface area (Å²) in [4.78, 5) is 33.4. The highest BCUT2D eigenvalue weighted by Gasteiger charge is 2.26. The smallest absolute Gasteiger partial charge is 0.254 e. The van der Waals surface area contributed by atoms with Gasteiger partial charge in [-0.2, -0.15) is 0 Å². The van der Waals surface area contributed by atoms with Gasteiger partial charge in [-0.25, -0.2) is 4.68 Å². The van der Waals surface area contributed by atoms with E-state index in [4.69, 9.17) is 0 Å². The number of hydrogen-bond acceptors (Lipinski definition) is 5. The summed E-state index contributed by atoms with van der Waals surface area (Å²) in [6, 6.07) is 22.7. The third-order valence-electron chi connectivity index (χ3n) is 9.41. The Morgan fingerprint density at radius 2 is 1.78 bits per heavy atom. The molecule has 1 N–H and O–H groups in total. The molecule has 0 saturated carbocycles. The number of aromatic nitrogens is 4. The van der Waals surface area contributed by atoms with E-state index in [1.807, 2.05) is 40.8 Å². The van der Waals surface area contributed by atoms with Crippen molar-refractivity contribution in [2.45, 2.75) is 71.4 Å². The number of amides is 2. The van der Waals surface area contributed by atoms with Gasteiger partial charge in [0.1, 0.15) is 5.52 Å². The van der Waals surface area contributed by atoms with Crippen molar-refractivity contribution in [2.75, 3.05) is 11.9 Å². The average molecular weight is 599 g/mol. The number of aryl methyl sites for hydroxylation is 4. The minimum Gasteiger partial charge on any atom is -0.334 e. The van der Waals surface area contributed by atoms with Gasteiger partial charge in [0, 0.05) is 43.2 Å². The van der Waals surface area contributed by atoms with Gasteiger partial charge in [0.25, 0.3) is 5.91 Å². The van der Waals surface area contributed by atoms with E-state index in [0.29, 0.717) is 18.8 Å². The first kappa shape index (κ1) is 28.9. The molecule has 0 radical (unpaired) electrons. The van der Waals surface area contributed by atoms with Crippen molar-refractivity contribution in [1.29, 1.82) is 0 Å². The summed E-state index contributed by atoms with van der Waals surface area (Å²) >= 11 is 0. The Labute approximate surface area is 263 Å². The van der Waals surface area contributed by atoms with Crippen LogP contribution >= 0.6 is 0 Å². The molecule has 5 aliphatic rings. The van der Waals surface area contributed by atoms with Crippen LogP contribution in [-0.4, -0.2) is 43.2 Å². The van der Waals surface area contributed by atoms with Crippen molar-refractivity contribution in [1.82, 2.24) is 24.9 Å². The standard InChI is InChI=1S/C37H38N6O2/c1-24-7-14-31(22-38-24)39-35(44)21-33-29-13-12-27-17-19-42(23-30(27)20-29)37(45)28-10-8-26(9-11-28)6-4-3-5-18-43-34-16-15-32(33)25(2)36(34)40-41-43/h7-16,20,22,33H,3-6,17-19,21,23H2,1-2H3,(H,39,44). The minimum absolute atomic E-state index is 0.0646. The van der Waals surface area contributed by atoms with Gasteiger partial charge in [0.15, 0.2) is 0 Å². The lowest BCUT2D eigenvalue weighted by Crippen LogP contribution is -2.36. The Morgan fingerprint density at radius 1 is 0.911 bits per heavy atom. The third-order valence-corrected chi connectivity index (χ3v) is 9.41. The topological polar surface area (TPSA) is 93.0 Å². The lowest BCUT2D eigenvalue weighted by atomic mass is 9.83. The predicted octanol–water partition coefficient (Wildman–Crippen LogP) is 6.53. The molecule has 2 amide bonds. The van der Waals surface area contributed by atoms with Crippen LogP contribution in [0.2, 0.25) is 0 Å². The second kappa shape index (κ2) is 12.3. The molecule has 10 rings (SSSR count). The molecular formula is C37H38N6O2. The molecule has 1 unspecified atom stereocenters. The zero-order chi connectivity index (χ0) is 30.9. The molecule has 0 fully saturated rings. The van der Waals surface area contributed by atoms with Crippen LogP contribution < -0.4 is 5.32 Å². The van der Waals surface area contributed by atoms with Crippen molar-refractivity contribution in [3.63, 3.8) is 0 Å². The number of rotatable bonds is 3. The fourth-order valence-electron chi connectivity index (χ4n) is 6.80. The molecule has 9 bridgehead atoms. The Bertz CT molecular complexity index is 1880. The van der Waals surface area contributed by atoms with E-state index in [2.05, 4.69) is 70.0 Å². The molecule has 5 aliphatic heterocycles. The maximum Gasteiger partial charge on any atom is 0.254 e. The number of anilines is 1. The zero-order valence-corrected chi connectivity index (χ0v) is 25.9. The van der Waals surface area contributed by atoms with Crippen molar-refractivity contribution in [3.8, 4) is 0 Å². The van der Waals surface area contributed by atoms with Gasteiger partial charge < -0.3 is 10.2 Å². The molecule has 1 atom stereocenters. The molecule has 8 nitrogen and oxygen atoms in total. The van der Waals surface area contributed by atoms with Crippen LogP contribution in [0, 0.1) is 13.8 Å². The molecular weight excluding hydrogens is 560 g/mol. The number of pyridine rings is 1. The van der Waals surface area contributed by atoms with Crippen molar-refractivity contribution < 1.29 is 9.59 Å². The maximum atomic E-state index is 13.6. The van der Waals surface area contributed by atoms with Gasteiger partial charge in [-0.15, -0.1) is 5.10 Å². The summed E-state index contributed by atoms with van der Waals surface area (Å²) in [5, 5.41) is 12.2. The Kier molecular flexibility index (Phi) is 7.88. The third kappa shape index (κ3) is 5.97. The van der Waals surface area contributed by atoms with Gasteiger partial charge in [0.05, 0.1) is 17.4 Å². The molecule has 8 heteroatoms. The second-order valence-corrected chi connectivity index (χ2v) is 12.5. The number of benzene rings is 3. The van der Waals surface area contributed by atoms with E-state index < -0.39 is 0 Å². The van der Waals surface area contributed by atoms with Crippen molar-refractivity contribution >= 4 is 28.5 Å². The summed E-state index contributed by atoms with van der Waals surface area (Å²) in [5.41, 5.74) is 11.0. The normalized spacial score (nSPS) is 16.8. The summed E-state index contributed by atoms with van der Waals surface area (Å²) < 4.78 is 2.01. The van der Waals surface area contributed by atoms with Crippen LogP contribution in [0.1, 0.15) is 81.0 Å². The van der Waals surface area contributed by atoms with E-state index in [-0.39, 0.29) is 24.2 Å². The van der Waals surface area contributed by atoms with Crippen molar-refractivity contribution in [3.05, 3.63) is 118 Å². The molecule has 45 heavy (non-hydrogen) atoms. The molecule has 2 aromatic heterocycles. The number of carbonyl (C=O) groups excluding carboxylic acids is 2. The van der Waals surface area contributed by atoms with E-state index in [1.165, 1.54) is 11.1 Å². The second-order valence-electron chi connectivity index (χ2n) is 12.5. The Hall–Kier alpha value is -4.85. The predicted molar refractivity (Wildman–Crippen MR) is 175 cm³/mol. The van der Waals surface area contributed by atoms with Crippen LogP contribution in [-0.2, 0) is 30.7 Å². The van der Waals surface area contributed by atoms with Gasteiger partial charge in [-0.05, 0) is 103 Å². The van der Waals surface area contributed by atoms with E-state index in [1.54, 1.807) is 6.20 Å². The fourth-order valence-corrected chi connectivity index (χ4v) is 6.80. The molecule has 0 spiro atoms. The Balaban J connectivity index is 1.28. The summed E-state index contributed by atoms with van der Waals surface area (Å²) in [5.74, 6) is -0.233. The summed E-state index contributed by atoms with van der Waals surface area (Å²) in [7, 11) is 0. The van der Waals surface area contributed by atoms with Crippen LogP contribution in [0.25, 0.3) is 11.0 Å². The van der Waals surface area contributed by atoms with Gasteiger partial charge in [-0.1, -0.05) is 48.0 Å². The van der Waals surface area contributed by atoms with Gasteiger partial charge >= 0.3 is 0 Å². The van der Waals surface area contributed by atoms with E-state index in [9.17, 15) is 9.59 Å². The molecule has 0 saturated heterocycles. The molecule has 0 aliphatic carbocycles. The highest BCUT2D eigenvalue weighted by atomic mass is 16.2. The first-order valence-corrected chi connectivity index (χ1v) is 16.0. The number of nitrogens with one attached hydrogen (secondary N) is 1. The SMILES string of the molecule is Cc1ccc(NC(=O)CC2c3ccc4c(c3)CN(CC4)C(=O)c3ccc(cc3)CCCCCn3nnc4c(C)c2ccc43)cn1. The van der Waals surface area contributed by atoms with Crippen molar-refractivity contribution in [2.24, 2.45) is 0 Å². The van der Waals surface area contributed by atoms with Crippen LogP contribution in [0.4, 0.5) is 5.69 Å². The van der Waals surface area contributed by atoms with E-state index in [0.717, 1.165) is 83.2 Å². The Morgan fingerprint density at radius 3 is 2.60 bits per heavy atom.